The van der Waals surface area contributed by atoms with E-state index in [0.717, 1.165) is 0 Å². The van der Waals surface area contributed by atoms with E-state index in [2.05, 4.69) is 20.4 Å². The molecule has 0 aliphatic carbocycles. The summed E-state index contributed by atoms with van der Waals surface area (Å²) in [5.41, 5.74) is 2.33. The van der Waals surface area contributed by atoms with Crippen molar-refractivity contribution in [1.29, 1.82) is 0 Å². The van der Waals surface area contributed by atoms with Gasteiger partial charge in [0.1, 0.15) is 23.9 Å². The van der Waals surface area contributed by atoms with Crippen LogP contribution in [0, 0.1) is 0 Å². The van der Waals surface area contributed by atoms with Crippen LogP contribution in [-0.4, -0.2) is 72.6 Å². The quantitative estimate of drug-likeness (QED) is 0.419. The van der Waals surface area contributed by atoms with Gasteiger partial charge in [-0.25, -0.2) is 30.2 Å². The lowest BCUT2D eigenvalue weighted by Crippen LogP contribution is -2.47. The van der Waals surface area contributed by atoms with Gasteiger partial charge in [-0.2, -0.15) is 0 Å². The largest absolute Gasteiger partial charge is 0.474 e. The number of piperidine rings is 1. The smallest absolute Gasteiger partial charge is 0.410 e. The number of anilines is 2. The minimum Gasteiger partial charge on any atom is -0.474 e. The first kappa shape index (κ1) is 29.2. The van der Waals surface area contributed by atoms with E-state index in [4.69, 9.17) is 9.47 Å². The number of hydrogen-bond acceptors (Lipinski definition) is 10. The molecule has 1 saturated heterocycles. The number of hydrazine groups is 1. The molecule has 0 atom stereocenters. The van der Waals surface area contributed by atoms with Crippen LogP contribution in [0.3, 0.4) is 0 Å². The molecule has 1 aliphatic rings. The lowest BCUT2D eigenvalue weighted by Gasteiger charge is -2.33. The number of amides is 1. The van der Waals surface area contributed by atoms with Crippen molar-refractivity contribution in [2.24, 2.45) is 0 Å². The third-order valence-corrected chi connectivity index (χ3v) is 6.10. The highest BCUT2D eigenvalue weighted by Gasteiger charge is 2.28. The Hall–Kier alpha value is -3.77. The molecule has 0 spiro atoms. The van der Waals surface area contributed by atoms with Crippen LogP contribution >= 0.6 is 0 Å². The van der Waals surface area contributed by atoms with Crippen LogP contribution in [0.5, 0.6) is 5.88 Å². The van der Waals surface area contributed by atoms with Gasteiger partial charge >= 0.3 is 6.09 Å². The van der Waals surface area contributed by atoms with Crippen LogP contribution in [0.2, 0.25) is 0 Å². The molecule has 0 saturated carbocycles. The van der Waals surface area contributed by atoms with Crippen LogP contribution in [0.15, 0.2) is 41.7 Å². The number of aromatic nitrogens is 4. The molecular formula is C28H39N7O5. The second-order valence-electron chi connectivity index (χ2n) is 11.9. The van der Waals surface area contributed by atoms with Crippen molar-refractivity contribution in [1.82, 2.24) is 29.8 Å². The van der Waals surface area contributed by atoms with Crippen molar-refractivity contribution < 1.29 is 19.4 Å². The van der Waals surface area contributed by atoms with E-state index in [1.807, 2.05) is 53.7 Å². The Morgan fingerprint density at radius 3 is 2.45 bits per heavy atom. The normalized spacial score (nSPS) is 14.8. The van der Waals surface area contributed by atoms with E-state index in [-0.39, 0.29) is 36.4 Å². The monoisotopic (exact) mass is 553 g/mol. The van der Waals surface area contributed by atoms with Gasteiger partial charge in [0, 0.05) is 56.5 Å². The fourth-order valence-corrected chi connectivity index (χ4v) is 4.31. The van der Waals surface area contributed by atoms with E-state index in [9.17, 15) is 14.7 Å². The van der Waals surface area contributed by atoms with Crippen LogP contribution in [-0.2, 0) is 11.3 Å². The first-order chi connectivity index (χ1) is 18.8. The number of ether oxygens (including phenoxy) is 2. The second kappa shape index (κ2) is 11.8. The molecule has 1 fully saturated rings. The predicted molar refractivity (Wildman–Crippen MR) is 152 cm³/mol. The predicted octanol–water partition coefficient (Wildman–Crippen LogP) is 3.40. The molecule has 1 aliphatic heterocycles. The van der Waals surface area contributed by atoms with Gasteiger partial charge in [-0.1, -0.05) is 0 Å². The fraction of sp³-hybridized carbons (Fsp3) is 0.536. The maximum Gasteiger partial charge on any atom is 0.410 e. The standard InChI is InChI=1S/C28H39N7O5/c1-27(2,3)32-35(22-15-19-7-10-33(13-14-36)25(37)21(19)17-29-22)23-16-24(31-18-30-23)39-20-8-11-34(12-9-20)26(38)40-28(4,5)6/h7,10,15-18,20,32,36H,8-9,11-14H2,1-6H3. The zero-order chi connectivity index (χ0) is 29.1. The molecule has 1 amide bonds. The topological polar surface area (TPSA) is 135 Å². The SMILES string of the molecule is CC(C)(C)NN(c1cc(OC2CCN(C(=O)OC(C)(C)C)CC2)ncn1)c1cc2ccn(CCO)c(=O)c2cn1. The Labute approximate surface area is 233 Å². The first-order valence-electron chi connectivity index (χ1n) is 13.5. The highest BCUT2D eigenvalue weighted by Crippen LogP contribution is 2.27. The summed E-state index contributed by atoms with van der Waals surface area (Å²) in [6, 6.07) is 5.38. The summed E-state index contributed by atoms with van der Waals surface area (Å²) < 4.78 is 13.1. The van der Waals surface area contributed by atoms with Crippen molar-refractivity contribution in [2.45, 2.75) is 78.2 Å². The summed E-state index contributed by atoms with van der Waals surface area (Å²) in [6.07, 6.45) is 5.53. The Balaban J connectivity index is 1.53. The van der Waals surface area contributed by atoms with Crippen LogP contribution in [0.25, 0.3) is 10.8 Å². The van der Waals surface area contributed by atoms with E-state index in [0.29, 0.717) is 54.2 Å². The Bertz CT molecular complexity index is 1390. The summed E-state index contributed by atoms with van der Waals surface area (Å²) in [5, 5.41) is 12.2. The van der Waals surface area contributed by atoms with Crippen molar-refractivity contribution in [3.8, 4) is 5.88 Å². The van der Waals surface area contributed by atoms with Gasteiger partial charge in [0.2, 0.25) is 5.88 Å². The maximum atomic E-state index is 12.8. The maximum absolute atomic E-state index is 12.8. The molecule has 3 aromatic rings. The third kappa shape index (κ3) is 7.45. The highest BCUT2D eigenvalue weighted by molar-refractivity contribution is 5.83. The summed E-state index contributed by atoms with van der Waals surface area (Å²) in [5.74, 6) is 1.47. The molecule has 0 bridgehead atoms. The molecule has 12 heteroatoms. The van der Waals surface area contributed by atoms with Crippen LogP contribution < -0.4 is 20.7 Å². The number of nitrogens with one attached hydrogen (secondary N) is 1. The van der Waals surface area contributed by atoms with E-state index in [1.54, 1.807) is 22.2 Å². The Kier molecular flexibility index (Phi) is 8.59. The highest BCUT2D eigenvalue weighted by atomic mass is 16.6. The van der Waals surface area contributed by atoms with Gasteiger partial charge < -0.3 is 24.0 Å². The van der Waals surface area contributed by atoms with E-state index in [1.165, 1.54) is 17.1 Å². The zero-order valence-corrected chi connectivity index (χ0v) is 24.0. The minimum atomic E-state index is -0.534. The Morgan fingerprint density at radius 1 is 1.10 bits per heavy atom. The first-order valence-corrected chi connectivity index (χ1v) is 13.5. The number of aliphatic hydroxyl groups is 1. The molecule has 0 radical (unpaired) electrons. The number of aliphatic hydroxyl groups excluding tert-OH is 1. The van der Waals surface area contributed by atoms with Crippen molar-refractivity contribution in [3.63, 3.8) is 0 Å². The third-order valence-electron chi connectivity index (χ3n) is 6.10. The Morgan fingerprint density at radius 2 is 1.80 bits per heavy atom. The summed E-state index contributed by atoms with van der Waals surface area (Å²) in [4.78, 5) is 40.2. The number of likely N-dealkylation sites (tertiary alicyclic amines) is 1. The van der Waals surface area contributed by atoms with E-state index >= 15 is 0 Å². The average Bonchev–Trinajstić information content (AvgIpc) is 2.88. The molecule has 4 rings (SSSR count). The number of carbonyl (C=O) groups is 1. The molecule has 216 valence electrons. The molecule has 40 heavy (non-hydrogen) atoms. The number of fused-ring (bicyclic) bond motifs is 1. The van der Waals surface area contributed by atoms with Crippen molar-refractivity contribution in [2.75, 3.05) is 24.7 Å². The van der Waals surface area contributed by atoms with Crippen LogP contribution in [0.4, 0.5) is 16.4 Å². The molecule has 4 heterocycles. The van der Waals surface area contributed by atoms with Gasteiger partial charge in [0.25, 0.3) is 5.56 Å². The van der Waals surface area contributed by atoms with Crippen molar-refractivity contribution in [3.05, 3.63) is 47.3 Å². The molecule has 3 aromatic heterocycles. The average molecular weight is 554 g/mol. The number of carbonyl (C=O) groups excluding carboxylic acids is 1. The summed E-state index contributed by atoms with van der Waals surface area (Å²) in [7, 11) is 0. The number of rotatable bonds is 7. The van der Waals surface area contributed by atoms with Gasteiger partial charge in [0.05, 0.1) is 12.0 Å². The van der Waals surface area contributed by atoms with E-state index < -0.39 is 5.60 Å². The summed E-state index contributed by atoms with van der Waals surface area (Å²) in [6.45, 7) is 12.8. The summed E-state index contributed by atoms with van der Waals surface area (Å²) >= 11 is 0. The lowest BCUT2D eigenvalue weighted by molar-refractivity contribution is 0.0123. The number of pyridine rings is 2. The molecular weight excluding hydrogens is 514 g/mol. The number of nitrogens with zero attached hydrogens (tertiary/aromatic N) is 6. The molecule has 2 N–H and O–H groups in total. The molecule has 0 unspecified atom stereocenters. The van der Waals surface area contributed by atoms with Crippen LogP contribution in [0.1, 0.15) is 54.4 Å². The van der Waals surface area contributed by atoms with Gasteiger partial charge in [-0.3, -0.25) is 4.79 Å². The number of hydrogen-bond donors (Lipinski definition) is 2. The van der Waals surface area contributed by atoms with Gasteiger partial charge in [-0.05, 0) is 59.1 Å². The zero-order valence-electron chi connectivity index (χ0n) is 24.0. The molecule has 0 aromatic carbocycles. The van der Waals surface area contributed by atoms with Gasteiger partial charge in [-0.15, -0.1) is 0 Å². The van der Waals surface area contributed by atoms with Gasteiger partial charge in [0.15, 0.2) is 5.82 Å². The lowest BCUT2D eigenvalue weighted by atomic mass is 10.1. The fourth-order valence-electron chi connectivity index (χ4n) is 4.31. The minimum absolute atomic E-state index is 0.106. The van der Waals surface area contributed by atoms with Crippen molar-refractivity contribution >= 4 is 28.5 Å². The molecule has 12 nitrogen and oxygen atoms in total. The second-order valence-corrected chi connectivity index (χ2v) is 11.9.